The van der Waals surface area contributed by atoms with E-state index in [1.807, 2.05) is 17.4 Å². The van der Waals surface area contributed by atoms with E-state index in [1.165, 1.54) is 16.1 Å². The lowest BCUT2D eigenvalue weighted by Crippen LogP contribution is -2.18. The van der Waals surface area contributed by atoms with E-state index in [9.17, 15) is 0 Å². The molecule has 3 heteroatoms. The summed E-state index contributed by atoms with van der Waals surface area (Å²) in [4.78, 5) is 3.85. The highest BCUT2D eigenvalue weighted by molar-refractivity contribution is 7.09. The molecule has 2 N–H and O–H groups in total. The topological polar surface area (TPSA) is 29.3 Å². The van der Waals surface area contributed by atoms with Crippen LogP contribution in [0.5, 0.6) is 0 Å². The molecule has 2 nitrogen and oxygen atoms in total. The van der Waals surface area contributed by atoms with Gasteiger partial charge in [0.05, 0.1) is 6.54 Å². The number of hydrogen-bond acceptors (Lipinski definition) is 3. The third-order valence-corrected chi connectivity index (χ3v) is 3.88. The molecule has 0 amide bonds. The molecule has 0 unspecified atom stereocenters. The highest BCUT2D eigenvalue weighted by Crippen LogP contribution is 2.31. The smallest absolute Gasteiger partial charge is 0.0523 e. The third-order valence-electron chi connectivity index (χ3n) is 3.02. The Morgan fingerprint density at radius 1 is 1.31 bits per heavy atom. The molecule has 1 aliphatic heterocycles. The molecular formula is C13H14N2S. The zero-order chi connectivity index (χ0) is 11.0. The molecule has 3 rings (SSSR count). The van der Waals surface area contributed by atoms with Crippen molar-refractivity contribution in [3.63, 3.8) is 0 Å². The molecule has 0 saturated heterocycles. The number of nitrogen functional groups attached to an aromatic ring is 1. The summed E-state index contributed by atoms with van der Waals surface area (Å²) in [5.41, 5.74) is 9.40. The van der Waals surface area contributed by atoms with Gasteiger partial charge in [-0.1, -0.05) is 6.07 Å². The summed E-state index contributed by atoms with van der Waals surface area (Å²) in [6.45, 7) is 2.13. The predicted molar refractivity (Wildman–Crippen MR) is 69.9 cm³/mol. The maximum Gasteiger partial charge on any atom is 0.0523 e. The van der Waals surface area contributed by atoms with Gasteiger partial charge in [-0.2, -0.15) is 0 Å². The fraction of sp³-hybridized carbons (Fsp3) is 0.231. The van der Waals surface area contributed by atoms with E-state index < -0.39 is 0 Å². The number of hydrogen-bond donors (Lipinski definition) is 1. The molecule has 0 radical (unpaired) electrons. The minimum atomic E-state index is 0.872. The van der Waals surface area contributed by atoms with Crippen LogP contribution in [0.4, 0.5) is 11.4 Å². The Hall–Kier alpha value is -1.48. The van der Waals surface area contributed by atoms with E-state index in [1.54, 1.807) is 0 Å². The van der Waals surface area contributed by atoms with Crippen LogP contribution >= 0.6 is 11.3 Å². The minimum Gasteiger partial charge on any atom is -0.399 e. The zero-order valence-corrected chi connectivity index (χ0v) is 9.83. The summed E-state index contributed by atoms with van der Waals surface area (Å²) in [5.74, 6) is 0. The molecule has 0 fully saturated rings. The van der Waals surface area contributed by atoms with Crippen molar-refractivity contribution in [2.45, 2.75) is 13.0 Å². The quantitative estimate of drug-likeness (QED) is 0.804. The molecule has 2 heterocycles. The van der Waals surface area contributed by atoms with Crippen LogP contribution < -0.4 is 10.6 Å². The Bertz CT molecular complexity index is 491. The highest BCUT2D eigenvalue weighted by atomic mass is 32.1. The molecule has 0 bridgehead atoms. The molecule has 0 spiro atoms. The van der Waals surface area contributed by atoms with Crippen LogP contribution in [0.2, 0.25) is 0 Å². The van der Waals surface area contributed by atoms with Gasteiger partial charge in [-0.05, 0) is 41.6 Å². The second-order valence-electron chi connectivity index (χ2n) is 4.14. The maximum atomic E-state index is 5.80. The van der Waals surface area contributed by atoms with Crippen molar-refractivity contribution >= 4 is 22.7 Å². The van der Waals surface area contributed by atoms with Gasteiger partial charge in [0.1, 0.15) is 0 Å². The summed E-state index contributed by atoms with van der Waals surface area (Å²) in [6, 6.07) is 10.5. The number of thiophene rings is 1. The number of nitrogens with zero attached hydrogens (tertiary/aromatic N) is 1. The van der Waals surface area contributed by atoms with Crippen molar-refractivity contribution in [3.05, 3.63) is 46.2 Å². The van der Waals surface area contributed by atoms with E-state index in [-0.39, 0.29) is 0 Å². The van der Waals surface area contributed by atoms with Gasteiger partial charge >= 0.3 is 0 Å². The van der Waals surface area contributed by atoms with Gasteiger partial charge in [0.15, 0.2) is 0 Å². The van der Waals surface area contributed by atoms with Gasteiger partial charge in [-0.15, -0.1) is 11.3 Å². The van der Waals surface area contributed by atoms with E-state index in [2.05, 4.69) is 34.5 Å². The lowest BCUT2D eigenvalue weighted by molar-refractivity contribution is 0.846. The molecule has 16 heavy (non-hydrogen) atoms. The van der Waals surface area contributed by atoms with Gasteiger partial charge in [0, 0.05) is 22.8 Å². The van der Waals surface area contributed by atoms with Gasteiger partial charge < -0.3 is 10.6 Å². The van der Waals surface area contributed by atoms with Gasteiger partial charge in [-0.3, -0.25) is 0 Å². The predicted octanol–water partition coefficient (Wildman–Crippen LogP) is 2.89. The van der Waals surface area contributed by atoms with Crippen molar-refractivity contribution in [1.29, 1.82) is 0 Å². The largest absolute Gasteiger partial charge is 0.399 e. The summed E-state index contributed by atoms with van der Waals surface area (Å²) >= 11 is 1.82. The Kier molecular flexibility index (Phi) is 2.33. The molecule has 1 aliphatic rings. The summed E-state index contributed by atoms with van der Waals surface area (Å²) in [5, 5.41) is 2.13. The monoisotopic (exact) mass is 230 g/mol. The maximum absolute atomic E-state index is 5.80. The number of fused-ring (bicyclic) bond motifs is 1. The van der Waals surface area contributed by atoms with E-state index in [4.69, 9.17) is 5.73 Å². The van der Waals surface area contributed by atoms with E-state index in [0.717, 1.165) is 25.2 Å². The second kappa shape index (κ2) is 3.83. The molecule has 1 aromatic carbocycles. The summed E-state index contributed by atoms with van der Waals surface area (Å²) in [7, 11) is 0. The van der Waals surface area contributed by atoms with E-state index >= 15 is 0 Å². The SMILES string of the molecule is Nc1ccc2c(c1)CCN2Cc1cccs1. The molecule has 2 aromatic rings. The average molecular weight is 230 g/mol. The number of rotatable bonds is 2. The minimum absolute atomic E-state index is 0.872. The van der Waals surface area contributed by atoms with Crippen molar-refractivity contribution in [2.24, 2.45) is 0 Å². The first-order chi connectivity index (χ1) is 7.83. The zero-order valence-electron chi connectivity index (χ0n) is 9.02. The summed E-state index contributed by atoms with van der Waals surface area (Å²) in [6.07, 6.45) is 1.12. The second-order valence-corrected chi connectivity index (χ2v) is 5.17. The molecule has 0 atom stereocenters. The van der Waals surface area contributed by atoms with Gasteiger partial charge in [0.2, 0.25) is 0 Å². The van der Waals surface area contributed by atoms with E-state index in [0.29, 0.717) is 0 Å². The number of anilines is 2. The average Bonchev–Trinajstić information content (AvgIpc) is 2.89. The van der Waals surface area contributed by atoms with Crippen molar-refractivity contribution in [1.82, 2.24) is 0 Å². The molecule has 0 aliphatic carbocycles. The van der Waals surface area contributed by atoms with Crippen molar-refractivity contribution in [3.8, 4) is 0 Å². The standard InChI is InChI=1S/C13H14N2S/c14-11-3-4-13-10(8-11)5-6-15(13)9-12-2-1-7-16-12/h1-4,7-8H,5-6,9,14H2. The van der Waals surface area contributed by atoms with Crippen LogP contribution in [-0.2, 0) is 13.0 Å². The van der Waals surface area contributed by atoms with Gasteiger partial charge in [-0.25, -0.2) is 0 Å². The molecule has 0 saturated carbocycles. The van der Waals surface area contributed by atoms with Crippen molar-refractivity contribution in [2.75, 3.05) is 17.2 Å². The fourth-order valence-electron chi connectivity index (χ4n) is 2.24. The Balaban J connectivity index is 1.86. The normalized spacial score (nSPS) is 14.1. The lowest BCUT2D eigenvalue weighted by atomic mass is 10.1. The lowest BCUT2D eigenvalue weighted by Gasteiger charge is -2.18. The molecule has 1 aromatic heterocycles. The highest BCUT2D eigenvalue weighted by Gasteiger charge is 2.19. The van der Waals surface area contributed by atoms with Gasteiger partial charge in [0.25, 0.3) is 0 Å². The number of benzene rings is 1. The Morgan fingerprint density at radius 2 is 2.25 bits per heavy atom. The van der Waals surface area contributed by atoms with Crippen molar-refractivity contribution < 1.29 is 0 Å². The first kappa shape index (κ1) is 9.73. The van der Waals surface area contributed by atoms with Crippen LogP contribution in [0.3, 0.4) is 0 Å². The van der Waals surface area contributed by atoms with Crippen LogP contribution in [0.15, 0.2) is 35.7 Å². The Morgan fingerprint density at radius 3 is 3.06 bits per heavy atom. The third kappa shape index (κ3) is 1.67. The van der Waals surface area contributed by atoms with Crippen LogP contribution in [-0.4, -0.2) is 6.54 Å². The molecule has 82 valence electrons. The first-order valence-corrected chi connectivity index (χ1v) is 6.36. The van der Waals surface area contributed by atoms with Crippen LogP contribution in [0, 0.1) is 0 Å². The number of nitrogens with two attached hydrogens (primary N) is 1. The first-order valence-electron chi connectivity index (χ1n) is 5.49. The Labute approximate surface area is 99.3 Å². The molecular weight excluding hydrogens is 216 g/mol. The fourth-order valence-corrected chi connectivity index (χ4v) is 2.96. The van der Waals surface area contributed by atoms with Crippen LogP contribution in [0.25, 0.3) is 0 Å². The summed E-state index contributed by atoms with van der Waals surface area (Å²) < 4.78 is 0. The van der Waals surface area contributed by atoms with Crippen LogP contribution in [0.1, 0.15) is 10.4 Å².